The monoisotopic (exact) mass is 295 g/mol. The maximum Gasteiger partial charge on any atom is 0.245 e. The predicted octanol–water partition coefficient (Wildman–Crippen LogP) is 1.23. The first-order valence-corrected chi connectivity index (χ1v) is 8.15. The van der Waals surface area contributed by atoms with Gasteiger partial charge in [0.1, 0.15) is 6.04 Å². The van der Waals surface area contributed by atoms with Gasteiger partial charge in [-0.25, -0.2) is 0 Å². The second-order valence-corrected chi connectivity index (χ2v) is 7.34. The van der Waals surface area contributed by atoms with Gasteiger partial charge in [-0.2, -0.15) is 0 Å². The van der Waals surface area contributed by atoms with Gasteiger partial charge < -0.3 is 15.1 Å². The van der Waals surface area contributed by atoms with E-state index in [1.807, 2.05) is 25.7 Å². The Labute approximate surface area is 128 Å². The molecule has 0 aromatic heterocycles. The highest BCUT2D eigenvalue weighted by molar-refractivity contribution is 5.90. The summed E-state index contributed by atoms with van der Waals surface area (Å²) in [5.74, 6) is 0.0882. The van der Waals surface area contributed by atoms with Crippen molar-refractivity contribution in [1.82, 2.24) is 15.1 Å². The molecule has 0 radical (unpaired) electrons. The van der Waals surface area contributed by atoms with Crippen molar-refractivity contribution in [2.75, 3.05) is 26.2 Å². The van der Waals surface area contributed by atoms with E-state index in [1.165, 1.54) is 0 Å². The van der Waals surface area contributed by atoms with Gasteiger partial charge in [0, 0.05) is 25.6 Å². The summed E-state index contributed by atoms with van der Waals surface area (Å²) >= 11 is 0. The molecule has 2 aliphatic heterocycles. The molecule has 0 bridgehead atoms. The lowest BCUT2D eigenvalue weighted by Crippen LogP contribution is -2.56. The van der Waals surface area contributed by atoms with Gasteiger partial charge in [-0.3, -0.25) is 9.59 Å². The van der Waals surface area contributed by atoms with Crippen LogP contribution in [0.2, 0.25) is 0 Å². The molecule has 0 aromatic rings. The number of rotatable bonds is 2. The zero-order valence-corrected chi connectivity index (χ0v) is 13.8. The number of nitrogens with one attached hydrogen (secondary N) is 1. The Balaban J connectivity index is 2.17. The highest BCUT2D eigenvalue weighted by Gasteiger charge is 2.40. The highest BCUT2D eigenvalue weighted by atomic mass is 16.2. The quantitative estimate of drug-likeness (QED) is 0.834. The van der Waals surface area contributed by atoms with Crippen LogP contribution >= 0.6 is 0 Å². The van der Waals surface area contributed by atoms with E-state index in [2.05, 4.69) is 17.1 Å². The second kappa shape index (κ2) is 6.34. The molecule has 2 unspecified atom stereocenters. The Morgan fingerprint density at radius 3 is 2.57 bits per heavy atom. The van der Waals surface area contributed by atoms with Crippen LogP contribution < -0.4 is 5.32 Å². The zero-order chi connectivity index (χ0) is 15.6. The third-order valence-corrected chi connectivity index (χ3v) is 4.65. The molecule has 5 nitrogen and oxygen atoms in total. The molecule has 0 aromatic carbocycles. The Kier molecular flexibility index (Phi) is 4.91. The molecule has 2 atom stereocenters. The Morgan fingerprint density at radius 2 is 1.95 bits per heavy atom. The average molecular weight is 295 g/mol. The SMILES string of the molecule is CCN1CCCC(N2CCC(=O)NC(C(C)(C)C)C2=O)C1. The molecule has 2 aliphatic rings. The van der Waals surface area contributed by atoms with Crippen LogP contribution in [0.4, 0.5) is 0 Å². The highest BCUT2D eigenvalue weighted by Crippen LogP contribution is 2.26. The Bertz CT molecular complexity index is 403. The van der Waals surface area contributed by atoms with Crippen LogP contribution in [-0.4, -0.2) is 59.9 Å². The predicted molar refractivity (Wildman–Crippen MR) is 82.9 cm³/mol. The fourth-order valence-electron chi connectivity index (χ4n) is 3.32. The summed E-state index contributed by atoms with van der Waals surface area (Å²) in [5, 5.41) is 2.92. The van der Waals surface area contributed by atoms with E-state index in [0.717, 1.165) is 32.5 Å². The van der Waals surface area contributed by atoms with Crippen molar-refractivity contribution in [3.63, 3.8) is 0 Å². The summed E-state index contributed by atoms with van der Waals surface area (Å²) < 4.78 is 0. The van der Waals surface area contributed by atoms with Crippen LogP contribution in [0.1, 0.15) is 47.0 Å². The molecule has 2 fully saturated rings. The summed E-state index contributed by atoms with van der Waals surface area (Å²) in [5.41, 5.74) is -0.256. The molecule has 0 aliphatic carbocycles. The van der Waals surface area contributed by atoms with Crippen LogP contribution in [0.5, 0.6) is 0 Å². The molecule has 2 saturated heterocycles. The minimum absolute atomic E-state index is 0.00562. The van der Waals surface area contributed by atoms with E-state index in [1.54, 1.807) is 0 Å². The van der Waals surface area contributed by atoms with Crippen LogP contribution in [-0.2, 0) is 9.59 Å². The Morgan fingerprint density at radius 1 is 1.24 bits per heavy atom. The van der Waals surface area contributed by atoms with Gasteiger partial charge in [-0.1, -0.05) is 27.7 Å². The van der Waals surface area contributed by atoms with Crippen molar-refractivity contribution in [1.29, 1.82) is 0 Å². The lowest BCUT2D eigenvalue weighted by Gasteiger charge is -2.41. The molecule has 2 rings (SSSR count). The van der Waals surface area contributed by atoms with E-state index in [0.29, 0.717) is 13.0 Å². The number of amides is 2. The maximum atomic E-state index is 12.9. The molecule has 1 N–H and O–H groups in total. The number of hydrogen-bond acceptors (Lipinski definition) is 3. The first kappa shape index (κ1) is 16.3. The second-order valence-electron chi connectivity index (χ2n) is 7.34. The smallest absolute Gasteiger partial charge is 0.245 e. The van der Waals surface area contributed by atoms with Crippen molar-refractivity contribution in [3.05, 3.63) is 0 Å². The molecule has 5 heteroatoms. The van der Waals surface area contributed by atoms with Gasteiger partial charge in [-0.15, -0.1) is 0 Å². The minimum atomic E-state index is -0.412. The molecular formula is C16H29N3O2. The summed E-state index contributed by atoms with van der Waals surface area (Å²) in [7, 11) is 0. The summed E-state index contributed by atoms with van der Waals surface area (Å²) in [6.07, 6.45) is 2.60. The lowest BCUT2D eigenvalue weighted by molar-refractivity contribution is -0.139. The Hall–Kier alpha value is -1.10. The van der Waals surface area contributed by atoms with Crippen LogP contribution in [0.25, 0.3) is 0 Å². The fourth-order valence-corrected chi connectivity index (χ4v) is 3.32. The molecule has 120 valence electrons. The van der Waals surface area contributed by atoms with Crippen molar-refractivity contribution < 1.29 is 9.59 Å². The first-order chi connectivity index (χ1) is 9.82. The normalized spacial score (nSPS) is 29.2. The van der Waals surface area contributed by atoms with E-state index in [9.17, 15) is 9.59 Å². The van der Waals surface area contributed by atoms with Crippen molar-refractivity contribution in [2.45, 2.75) is 59.0 Å². The third-order valence-electron chi connectivity index (χ3n) is 4.65. The molecular weight excluding hydrogens is 266 g/mol. The van der Waals surface area contributed by atoms with Crippen molar-refractivity contribution >= 4 is 11.8 Å². The van der Waals surface area contributed by atoms with Gasteiger partial charge in [-0.05, 0) is 31.3 Å². The summed E-state index contributed by atoms with van der Waals surface area (Å²) in [6.45, 7) is 11.8. The molecule has 0 spiro atoms. The fraction of sp³-hybridized carbons (Fsp3) is 0.875. The van der Waals surface area contributed by atoms with Crippen LogP contribution in [0.15, 0.2) is 0 Å². The number of piperidine rings is 1. The van der Waals surface area contributed by atoms with E-state index < -0.39 is 6.04 Å². The topological polar surface area (TPSA) is 52.6 Å². The van der Waals surface area contributed by atoms with Gasteiger partial charge in [0.05, 0.1) is 0 Å². The number of carbonyl (C=O) groups is 2. The van der Waals surface area contributed by atoms with E-state index >= 15 is 0 Å². The summed E-state index contributed by atoms with van der Waals surface area (Å²) in [6, 6.07) is -0.159. The van der Waals surface area contributed by atoms with Gasteiger partial charge in [0.2, 0.25) is 11.8 Å². The van der Waals surface area contributed by atoms with Crippen molar-refractivity contribution in [2.24, 2.45) is 5.41 Å². The van der Waals surface area contributed by atoms with Crippen LogP contribution in [0, 0.1) is 5.41 Å². The number of likely N-dealkylation sites (N-methyl/N-ethyl adjacent to an activating group) is 1. The molecule has 2 amide bonds. The minimum Gasteiger partial charge on any atom is -0.344 e. The van der Waals surface area contributed by atoms with Crippen LogP contribution in [0.3, 0.4) is 0 Å². The number of likely N-dealkylation sites (tertiary alicyclic amines) is 1. The molecule has 2 heterocycles. The first-order valence-electron chi connectivity index (χ1n) is 8.15. The summed E-state index contributed by atoms with van der Waals surface area (Å²) in [4.78, 5) is 29.2. The van der Waals surface area contributed by atoms with Gasteiger partial charge in [0.15, 0.2) is 0 Å². The standard InChI is InChI=1S/C16H29N3O2/c1-5-18-9-6-7-12(11-18)19-10-8-13(20)17-14(15(19)21)16(2,3)4/h12,14H,5-11H2,1-4H3,(H,17,20). The molecule has 0 saturated carbocycles. The number of carbonyl (C=O) groups excluding carboxylic acids is 2. The number of nitrogens with zero attached hydrogens (tertiary/aromatic N) is 2. The molecule has 21 heavy (non-hydrogen) atoms. The number of hydrogen-bond donors (Lipinski definition) is 1. The third kappa shape index (κ3) is 3.76. The average Bonchev–Trinajstić information content (AvgIpc) is 2.58. The zero-order valence-electron chi connectivity index (χ0n) is 13.8. The maximum absolute atomic E-state index is 12.9. The van der Waals surface area contributed by atoms with E-state index in [-0.39, 0.29) is 23.3 Å². The van der Waals surface area contributed by atoms with Gasteiger partial charge in [0.25, 0.3) is 0 Å². The van der Waals surface area contributed by atoms with E-state index in [4.69, 9.17) is 0 Å². The largest absolute Gasteiger partial charge is 0.344 e. The van der Waals surface area contributed by atoms with Gasteiger partial charge >= 0.3 is 0 Å². The lowest BCUT2D eigenvalue weighted by atomic mass is 9.85. The van der Waals surface area contributed by atoms with Crippen molar-refractivity contribution in [3.8, 4) is 0 Å².